The van der Waals surface area contributed by atoms with Gasteiger partial charge in [0.1, 0.15) is 5.88 Å². The number of hydrogen-bond acceptors (Lipinski definition) is 2. The monoisotopic (exact) mass is 254 g/mol. The van der Waals surface area contributed by atoms with Crippen LogP contribution < -0.4 is 0 Å². The first-order valence-corrected chi connectivity index (χ1v) is 6.19. The molecular formula is C13H19ClN2O. The molecule has 1 aromatic rings. The zero-order chi connectivity index (χ0) is 12.7. The van der Waals surface area contributed by atoms with Crippen molar-refractivity contribution in [2.45, 2.75) is 6.54 Å². The lowest BCUT2D eigenvalue weighted by Gasteiger charge is -2.23. The number of alkyl halides is 1. The van der Waals surface area contributed by atoms with E-state index in [1.165, 1.54) is 0 Å². The van der Waals surface area contributed by atoms with E-state index in [1.807, 2.05) is 44.4 Å². The zero-order valence-electron chi connectivity index (χ0n) is 10.4. The Balaban J connectivity index is 2.60. The van der Waals surface area contributed by atoms with E-state index in [0.717, 1.165) is 12.1 Å². The van der Waals surface area contributed by atoms with E-state index >= 15 is 0 Å². The predicted octanol–water partition coefficient (Wildman–Crippen LogP) is 1.82. The summed E-state index contributed by atoms with van der Waals surface area (Å²) in [4.78, 5) is 15.6. The first-order valence-electron chi connectivity index (χ1n) is 5.66. The standard InChI is InChI=1S/C13H19ClN2O/c1-15(2)8-9-16(13(17)10-14)11-12-6-4-3-5-7-12/h3-7H,8-11H2,1-2H3. The molecule has 0 aliphatic heterocycles. The van der Waals surface area contributed by atoms with Crippen molar-refractivity contribution in [3.05, 3.63) is 35.9 Å². The summed E-state index contributed by atoms with van der Waals surface area (Å²) in [6, 6.07) is 9.96. The first-order chi connectivity index (χ1) is 8.13. The van der Waals surface area contributed by atoms with Crippen LogP contribution in [0, 0.1) is 0 Å². The molecule has 0 bridgehead atoms. The van der Waals surface area contributed by atoms with Crippen molar-refractivity contribution in [2.75, 3.05) is 33.1 Å². The van der Waals surface area contributed by atoms with Crippen LogP contribution in [0.25, 0.3) is 0 Å². The number of nitrogens with zero attached hydrogens (tertiary/aromatic N) is 2. The zero-order valence-corrected chi connectivity index (χ0v) is 11.2. The Morgan fingerprint density at radius 3 is 2.35 bits per heavy atom. The van der Waals surface area contributed by atoms with Crippen molar-refractivity contribution in [3.63, 3.8) is 0 Å². The molecule has 0 aliphatic carbocycles. The van der Waals surface area contributed by atoms with Crippen LogP contribution in [0.2, 0.25) is 0 Å². The Kier molecular flexibility index (Phi) is 6.01. The lowest BCUT2D eigenvalue weighted by molar-refractivity contribution is -0.129. The molecule has 0 unspecified atom stereocenters. The van der Waals surface area contributed by atoms with Crippen LogP contribution in [0.1, 0.15) is 5.56 Å². The highest BCUT2D eigenvalue weighted by molar-refractivity contribution is 6.27. The van der Waals surface area contributed by atoms with Gasteiger partial charge in [0.15, 0.2) is 0 Å². The number of halogens is 1. The molecule has 0 radical (unpaired) electrons. The molecule has 0 atom stereocenters. The molecule has 0 spiro atoms. The minimum atomic E-state index is -0.0163. The van der Waals surface area contributed by atoms with Gasteiger partial charge in [-0.05, 0) is 19.7 Å². The van der Waals surface area contributed by atoms with E-state index < -0.39 is 0 Å². The maximum absolute atomic E-state index is 11.7. The van der Waals surface area contributed by atoms with Gasteiger partial charge in [0.05, 0.1) is 0 Å². The van der Waals surface area contributed by atoms with Gasteiger partial charge in [-0.15, -0.1) is 11.6 Å². The van der Waals surface area contributed by atoms with Gasteiger partial charge in [-0.25, -0.2) is 0 Å². The third-order valence-corrected chi connectivity index (χ3v) is 2.73. The lowest BCUT2D eigenvalue weighted by atomic mass is 10.2. The highest BCUT2D eigenvalue weighted by Gasteiger charge is 2.12. The second kappa shape index (κ2) is 7.30. The Hall–Kier alpha value is -1.06. The van der Waals surface area contributed by atoms with Crippen LogP contribution in [-0.4, -0.2) is 48.8 Å². The van der Waals surface area contributed by atoms with Crippen LogP contribution in [0.5, 0.6) is 0 Å². The number of carbonyl (C=O) groups excluding carboxylic acids is 1. The number of hydrogen-bond donors (Lipinski definition) is 0. The highest BCUT2D eigenvalue weighted by atomic mass is 35.5. The molecule has 94 valence electrons. The van der Waals surface area contributed by atoms with Gasteiger partial charge in [0, 0.05) is 19.6 Å². The molecule has 4 heteroatoms. The number of rotatable bonds is 6. The molecule has 1 amide bonds. The summed E-state index contributed by atoms with van der Waals surface area (Å²) in [5, 5.41) is 0. The normalized spacial score (nSPS) is 10.6. The molecular weight excluding hydrogens is 236 g/mol. The average Bonchev–Trinajstić information content (AvgIpc) is 2.34. The van der Waals surface area contributed by atoms with Crippen molar-refractivity contribution in [1.29, 1.82) is 0 Å². The van der Waals surface area contributed by atoms with Gasteiger partial charge >= 0.3 is 0 Å². The molecule has 0 fully saturated rings. The number of carbonyl (C=O) groups is 1. The molecule has 0 heterocycles. The molecule has 0 saturated heterocycles. The smallest absolute Gasteiger partial charge is 0.237 e. The van der Waals surface area contributed by atoms with E-state index in [1.54, 1.807) is 4.90 Å². The third-order valence-electron chi connectivity index (χ3n) is 2.50. The second-order valence-electron chi connectivity index (χ2n) is 4.24. The third kappa shape index (κ3) is 5.20. The van der Waals surface area contributed by atoms with Crippen LogP contribution in [-0.2, 0) is 11.3 Å². The summed E-state index contributed by atoms with van der Waals surface area (Å²) in [5.74, 6) is 0.0256. The Labute approximate surface area is 108 Å². The van der Waals surface area contributed by atoms with Gasteiger partial charge in [-0.3, -0.25) is 4.79 Å². The molecule has 0 saturated carbocycles. The maximum Gasteiger partial charge on any atom is 0.237 e. The minimum Gasteiger partial charge on any atom is -0.336 e. The van der Waals surface area contributed by atoms with Crippen molar-refractivity contribution < 1.29 is 4.79 Å². The Morgan fingerprint density at radius 1 is 1.18 bits per heavy atom. The fraction of sp³-hybridized carbons (Fsp3) is 0.462. The van der Waals surface area contributed by atoms with Crippen molar-refractivity contribution >= 4 is 17.5 Å². The van der Waals surface area contributed by atoms with Crippen molar-refractivity contribution in [3.8, 4) is 0 Å². The maximum atomic E-state index is 11.7. The quantitative estimate of drug-likeness (QED) is 0.723. The van der Waals surface area contributed by atoms with E-state index in [0.29, 0.717) is 13.1 Å². The van der Waals surface area contributed by atoms with Crippen molar-refractivity contribution in [2.24, 2.45) is 0 Å². The van der Waals surface area contributed by atoms with Crippen LogP contribution in [0.15, 0.2) is 30.3 Å². The van der Waals surface area contributed by atoms with E-state index in [4.69, 9.17) is 11.6 Å². The number of likely N-dealkylation sites (N-methyl/N-ethyl adjacent to an activating group) is 1. The van der Waals surface area contributed by atoms with Crippen LogP contribution in [0.4, 0.5) is 0 Å². The van der Waals surface area contributed by atoms with Gasteiger partial charge in [0.25, 0.3) is 0 Å². The number of benzene rings is 1. The number of amides is 1. The van der Waals surface area contributed by atoms with Crippen LogP contribution >= 0.6 is 11.6 Å². The Bertz CT molecular complexity index is 341. The summed E-state index contributed by atoms with van der Waals surface area (Å²) in [7, 11) is 3.98. The van der Waals surface area contributed by atoms with Gasteiger partial charge in [0.2, 0.25) is 5.91 Å². The van der Waals surface area contributed by atoms with Gasteiger partial charge in [-0.2, -0.15) is 0 Å². The molecule has 17 heavy (non-hydrogen) atoms. The fourth-order valence-corrected chi connectivity index (χ4v) is 1.67. The van der Waals surface area contributed by atoms with Crippen LogP contribution in [0.3, 0.4) is 0 Å². The Morgan fingerprint density at radius 2 is 1.82 bits per heavy atom. The topological polar surface area (TPSA) is 23.6 Å². The molecule has 0 aliphatic rings. The summed E-state index contributed by atoms with van der Waals surface area (Å²) in [6.45, 7) is 2.17. The van der Waals surface area contributed by atoms with Gasteiger partial charge in [-0.1, -0.05) is 30.3 Å². The predicted molar refractivity (Wildman–Crippen MR) is 71.1 cm³/mol. The fourth-order valence-electron chi connectivity index (χ4n) is 1.50. The summed E-state index contributed by atoms with van der Waals surface area (Å²) < 4.78 is 0. The van der Waals surface area contributed by atoms with Crippen molar-refractivity contribution in [1.82, 2.24) is 9.80 Å². The minimum absolute atomic E-state index is 0.0163. The molecule has 3 nitrogen and oxygen atoms in total. The molecule has 0 aromatic heterocycles. The highest BCUT2D eigenvalue weighted by Crippen LogP contribution is 2.05. The summed E-state index contributed by atoms with van der Waals surface area (Å²) in [6.07, 6.45) is 0. The molecule has 0 N–H and O–H groups in total. The van der Waals surface area contributed by atoms with Gasteiger partial charge < -0.3 is 9.80 Å². The largest absolute Gasteiger partial charge is 0.336 e. The lowest BCUT2D eigenvalue weighted by Crippen LogP contribution is -2.36. The van der Waals surface area contributed by atoms with E-state index in [2.05, 4.69) is 4.90 Å². The summed E-state index contributed by atoms with van der Waals surface area (Å²) >= 11 is 5.62. The first kappa shape index (κ1) is 14.0. The average molecular weight is 255 g/mol. The molecule has 1 aromatic carbocycles. The van der Waals surface area contributed by atoms with E-state index in [9.17, 15) is 4.79 Å². The summed E-state index contributed by atoms with van der Waals surface area (Å²) in [5.41, 5.74) is 1.13. The van der Waals surface area contributed by atoms with E-state index in [-0.39, 0.29) is 11.8 Å². The SMILES string of the molecule is CN(C)CCN(Cc1ccccc1)C(=O)CCl. The second-order valence-corrected chi connectivity index (χ2v) is 4.51. The molecule has 1 rings (SSSR count).